The van der Waals surface area contributed by atoms with Gasteiger partial charge in [0.2, 0.25) is 0 Å². The van der Waals surface area contributed by atoms with Gasteiger partial charge in [0.1, 0.15) is 17.4 Å². The molecule has 4 N–H and O–H groups in total. The predicted octanol–water partition coefficient (Wildman–Crippen LogP) is 4.83. The summed E-state index contributed by atoms with van der Waals surface area (Å²) in [5, 5.41) is 12.4. The van der Waals surface area contributed by atoms with Crippen LogP contribution in [-0.2, 0) is 6.42 Å². The number of H-pyrrole nitrogens is 1. The average molecular weight is 373 g/mol. The fourth-order valence-electron chi connectivity index (χ4n) is 3.38. The number of nitrogens with two attached hydrogens (primary N) is 1. The predicted molar refractivity (Wildman–Crippen MR) is 114 cm³/mol. The van der Waals surface area contributed by atoms with E-state index < -0.39 is 0 Å². The quantitative estimate of drug-likeness (QED) is 0.466. The first-order valence-corrected chi connectivity index (χ1v) is 9.24. The molecule has 0 radical (unpaired) electrons. The molecule has 28 heavy (non-hydrogen) atoms. The third-order valence-electron chi connectivity index (χ3n) is 4.82. The molecule has 0 bridgehead atoms. The van der Waals surface area contributed by atoms with Crippen molar-refractivity contribution in [3.05, 3.63) is 59.8 Å². The lowest BCUT2D eigenvalue weighted by atomic mass is 9.96. The van der Waals surface area contributed by atoms with E-state index in [1.54, 1.807) is 7.11 Å². The normalized spacial score (nSPS) is 11.0. The van der Waals surface area contributed by atoms with Crippen molar-refractivity contribution in [1.29, 1.82) is 0 Å². The van der Waals surface area contributed by atoms with E-state index in [0.29, 0.717) is 17.5 Å². The highest BCUT2D eigenvalue weighted by atomic mass is 16.5. The fourth-order valence-corrected chi connectivity index (χ4v) is 3.38. The van der Waals surface area contributed by atoms with E-state index in [9.17, 15) is 0 Å². The summed E-state index contributed by atoms with van der Waals surface area (Å²) in [4.78, 5) is 4.67. The number of nitrogens with zero attached hydrogens (tertiary/aromatic N) is 2. The molecule has 4 rings (SSSR count). The Bertz CT molecular complexity index is 1150. The summed E-state index contributed by atoms with van der Waals surface area (Å²) in [6.45, 7) is 4.10. The lowest BCUT2D eigenvalue weighted by Gasteiger charge is -2.16. The Morgan fingerprint density at radius 3 is 2.68 bits per heavy atom. The molecule has 2 heterocycles. The Balaban J connectivity index is 2.00. The first kappa shape index (κ1) is 17.9. The van der Waals surface area contributed by atoms with Gasteiger partial charge in [0.25, 0.3) is 0 Å². The summed E-state index contributed by atoms with van der Waals surface area (Å²) in [5.41, 5.74) is 10.6. The van der Waals surface area contributed by atoms with E-state index in [1.807, 2.05) is 31.2 Å². The number of pyridine rings is 1. The molecule has 2 aromatic carbocycles. The van der Waals surface area contributed by atoms with Crippen LogP contribution in [0, 0.1) is 6.92 Å². The molecule has 6 nitrogen and oxygen atoms in total. The van der Waals surface area contributed by atoms with Crippen molar-refractivity contribution >= 4 is 28.2 Å². The zero-order valence-corrected chi connectivity index (χ0v) is 16.2. The van der Waals surface area contributed by atoms with Crippen LogP contribution in [0.15, 0.2) is 48.5 Å². The van der Waals surface area contributed by atoms with Crippen molar-refractivity contribution in [1.82, 2.24) is 15.2 Å². The summed E-state index contributed by atoms with van der Waals surface area (Å²) in [6.07, 6.45) is 0.957. The molecule has 0 aliphatic carbocycles. The van der Waals surface area contributed by atoms with Gasteiger partial charge in [-0.05, 0) is 42.7 Å². The molecule has 4 aromatic rings. The number of nitrogens with one attached hydrogen (secondary N) is 2. The number of hydrogen-bond acceptors (Lipinski definition) is 5. The summed E-state index contributed by atoms with van der Waals surface area (Å²) in [6, 6.07) is 16.3. The SMILES string of the molecule is CCc1cccc(-c2c(Nc3cc(C)[nH]n3)nc(N)c3ccc(OC)cc23)c1. The summed E-state index contributed by atoms with van der Waals surface area (Å²) < 4.78 is 5.46. The molecule has 0 spiro atoms. The van der Waals surface area contributed by atoms with Gasteiger partial charge < -0.3 is 15.8 Å². The maximum atomic E-state index is 6.29. The number of methoxy groups -OCH3 is 1. The highest BCUT2D eigenvalue weighted by Gasteiger charge is 2.17. The molecule has 2 aromatic heterocycles. The Hall–Kier alpha value is -3.54. The summed E-state index contributed by atoms with van der Waals surface area (Å²) in [5.74, 6) is 2.59. The van der Waals surface area contributed by atoms with Gasteiger partial charge in [-0.3, -0.25) is 5.10 Å². The van der Waals surface area contributed by atoms with Crippen LogP contribution in [0.25, 0.3) is 21.9 Å². The zero-order valence-electron chi connectivity index (χ0n) is 16.2. The number of benzene rings is 2. The molecular weight excluding hydrogens is 350 g/mol. The van der Waals surface area contributed by atoms with E-state index in [4.69, 9.17) is 10.5 Å². The molecule has 0 saturated heterocycles. The number of nitrogen functional groups attached to an aromatic ring is 1. The zero-order chi connectivity index (χ0) is 19.7. The van der Waals surface area contributed by atoms with E-state index in [1.165, 1.54) is 5.56 Å². The Morgan fingerprint density at radius 2 is 1.96 bits per heavy atom. The Morgan fingerprint density at radius 1 is 1.11 bits per heavy atom. The van der Waals surface area contributed by atoms with E-state index in [0.717, 1.165) is 39.8 Å². The van der Waals surface area contributed by atoms with Crippen molar-refractivity contribution in [2.45, 2.75) is 20.3 Å². The van der Waals surface area contributed by atoms with Crippen molar-refractivity contribution < 1.29 is 4.74 Å². The lowest BCUT2D eigenvalue weighted by Crippen LogP contribution is -2.02. The number of hydrogen-bond donors (Lipinski definition) is 3. The topological polar surface area (TPSA) is 88.9 Å². The van der Waals surface area contributed by atoms with Crippen LogP contribution in [0.4, 0.5) is 17.5 Å². The number of aromatic amines is 1. The van der Waals surface area contributed by atoms with Crippen LogP contribution in [0.1, 0.15) is 18.2 Å². The van der Waals surface area contributed by atoms with Crippen LogP contribution < -0.4 is 15.8 Å². The maximum Gasteiger partial charge on any atom is 0.153 e. The second kappa shape index (κ2) is 7.23. The van der Waals surface area contributed by atoms with Gasteiger partial charge in [-0.1, -0.05) is 31.2 Å². The van der Waals surface area contributed by atoms with Crippen LogP contribution in [-0.4, -0.2) is 22.3 Å². The lowest BCUT2D eigenvalue weighted by molar-refractivity contribution is 0.415. The van der Waals surface area contributed by atoms with Gasteiger partial charge in [0.05, 0.1) is 7.11 Å². The van der Waals surface area contributed by atoms with Crippen molar-refractivity contribution in [2.24, 2.45) is 0 Å². The fraction of sp³-hybridized carbons (Fsp3) is 0.182. The standard InChI is InChI=1S/C22H23N5O/c1-4-14-6-5-7-15(11-14)20-18-12-16(28-3)8-9-17(18)21(23)25-22(20)24-19-10-13(2)26-27-19/h5-12H,4H2,1-3H3,(H4,23,24,25,26,27). The van der Waals surface area contributed by atoms with Gasteiger partial charge in [0, 0.05) is 28.1 Å². The molecule has 0 amide bonds. The number of fused-ring (bicyclic) bond motifs is 1. The van der Waals surface area contributed by atoms with E-state index >= 15 is 0 Å². The van der Waals surface area contributed by atoms with E-state index in [-0.39, 0.29) is 0 Å². The first-order chi connectivity index (χ1) is 13.6. The van der Waals surface area contributed by atoms with Gasteiger partial charge in [-0.2, -0.15) is 5.10 Å². The smallest absolute Gasteiger partial charge is 0.153 e. The molecule has 0 aliphatic heterocycles. The number of aromatic nitrogens is 3. The maximum absolute atomic E-state index is 6.29. The number of aryl methyl sites for hydroxylation is 2. The minimum atomic E-state index is 0.461. The van der Waals surface area contributed by atoms with Crippen LogP contribution in [0.2, 0.25) is 0 Å². The second-order valence-electron chi connectivity index (χ2n) is 6.75. The molecule has 0 atom stereocenters. The van der Waals surface area contributed by atoms with Gasteiger partial charge >= 0.3 is 0 Å². The van der Waals surface area contributed by atoms with Crippen molar-refractivity contribution in [2.75, 3.05) is 18.2 Å². The average Bonchev–Trinajstić information content (AvgIpc) is 3.12. The van der Waals surface area contributed by atoms with Crippen LogP contribution in [0.5, 0.6) is 5.75 Å². The van der Waals surface area contributed by atoms with Crippen molar-refractivity contribution in [3.63, 3.8) is 0 Å². The van der Waals surface area contributed by atoms with E-state index in [2.05, 4.69) is 51.7 Å². The van der Waals surface area contributed by atoms with Crippen LogP contribution >= 0.6 is 0 Å². The molecule has 142 valence electrons. The second-order valence-corrected chi connectivity index (χ2v) is 6.75. The molecule has 0 fully saturated rings. The molecule has 0 saturated carbocycles. The molecular formula is C22H23N5O. The van der Waals surface area contributed by atoms with Gasteiger partial charge in [-0.15, -0.1) is 0 Å². The first-order valence-electron chi connectivity index (χ1n) is 9.24. The largest absolute Gasteiger partial charge is 0.497 e. The highest BCUT2D eigenvalue weighted by molar-refractivity contribution is 6.06. The Kier molecular flexibility index (Phi) is 4.61. The molecule has 0 unspecified atom stereocenters. The third-order valence-corrected chi connectivity index (χ3v) is 4.82. The Labute approximate surface area is 163 Å². The number of anilines is 3. The van der Waals surface area contributed by atoms with Gasteiger partial charge in [-0.25, -0.2) is 4.98 Å². The summed E-state index contributed by atoms with van der Waals surface area (Å²) >= 11 is 0. The monoisotopic (exact) mass is 373 g/mol. The number of ether oxygens (including phenoxy) is 1. The number of rotatable bonds is 5. The van der Waals surface area contributed by atoms with Crippen LogP contribution in [0.3, 0.4) is 0 Å². The molecule has 6 heteroatoms. The van der Waals surface area contributed by atoms with Crippen molar-refractivity contribution in [3.8, 4) is 16.9 Å². The minimum Gasteiger partial charge on any atom is -0.497 e. The molecule has 0 aliphatic rings. The highest BCUT2D eigenvalue weighted by Crippen LogP contribution is 2.39. The minimum absolute atomic E-state index is 0.461. The summed E-state index contributed by atoms with van der Waals surface area (Å²) in [7, 11) is 1.66. The van der Waals surface area contributed by atoms with Gasteiger partial charge in [0.15, 0.2) is 5.82 Å². The third kappa shape index (κ3) is 3.24.